The molecule has 2 N–H and O–H groups in total. The molecule has 0 bridgehead atoms. The number of carbonyl (C=O) groups excluding carboxylic acids is 2. The summed E-state index contributed by atoms with van der Waals surface area (Å²) in [6.07, 6.45) is 3.97. The van der Waals surface area contributed by atoms with Crippen LogP contribution in [0.5, 0.6) is 0 Å². The van der Waals surface area contributed by atoms with Crippen molar-refractivity contribution in [1.82, 2.24) is 9.97 Å². The average Bonchev–Trinajstić information content (AvgIpc) is 3.23. The summed E-state index contributed by atoms with van der Waals surface area (Å²) in [5, 5.41) is 2.91. The topological polar surface area (TPSA) is 78.1 Å². The maximum absolute atomic E-state index is 12.4. The second-order valence-electron chi connectivity index (χ2n) is 5.31. The Balaban J connectivity index is 1.79. The Bertz CT molecular complexity index is 871. The van der Waals surface area contributed by atoms with Crippen molar-refractivity contribution in [2.75, 3.05) is 10.2 Å². The van der Waals surface area contributed by atoms with Gasteiger partial charge in [0.2, 0.25) is 0 Å². The first-order valence-corrected chi connectivity index (χ1v) is 9.02. The molecule has 0 saturated carbocycles. The average molecular weight is 387 g/mol. The van der Waals surface area contributed by atoms with Gasteiger partial charge in [-0.1, -0.05) is 0 Å². The monoisotopic (exact) mass is 388 g/mol. The van der Waals surface area contributed by atoms with Crippen molar-refractivity contribution in [3.8, 4) is 0 Å². The summed E-state index contributed by atoms with van der Waals surface area (Å²) in [4.78, 5) is 32.4. The molecule has 0 spiro atoms. The zero-order valence-electron chi connectivity index (χ0n) is 13.2. The molecule has 0 atom stereocenters. The first-order chi connectivity index (χ1) is 11.6. The molecule has 0 saturated heterocycles. The third-order valence-electron chi connectivity index (χ3n) is 3.50. The molecule has 0 aliphatic heterocycles. The van der Waals surface area contributed by atoms with E-state index in [1.54, 1.807) is 18.3 Å². The molecule has 0 unspecified atom stereocenters. The molecule has 0 radical (unpaired) electrons. The molecule has 24 heavy (non-hydrogen) atoms. The van der Waals surface area contributed by atoms with Gasteiger partial charge in [0.25, 0.3) is 0 Å². The van der Waals surface area contributed by atoms with E-state index in [4.69, 9.17) is 0 Å². The molecule has 6 nitrogen and oxygen atoms in total. The summed E-state index contributed by atoms with van der Waals surface area (Å²) < 4.78 is 1.15. The molecule has 122 valence electrons. The fourth-order valence-corrected chi connectivity index (χ4v) is 3.95. The fourth-order valence-electron chi connectivity index (χ4n) is 2.29. The number of hydrogen-bond acceptors (Lipinski definition) is 3. The zero-order valence-corrected chi connectivity index (χ0v) is 15.0. The van der Waals surface area contributed by atoms with Crippen LogP contribution in [0.15, 0.2) is 42.7 Å². The van der Waals surface area contributed by atoms with Crippen molar-refractivity contribution in [2.45, 2.75) is 13.8 Å². The quantitative estimate of drug-likeness (QED) is 0.522. The van der Waals surface area contributed by atoms with E-state index in [0.717, 1.165) is 16.8 Å². The van der Waals surface area contributed by atoms with Gasteiger partial charge >= 0.3 is 145 Å². The Morgan fingerprint density at radius 1 is 1.33 bits per heavy atom. The number of aryl methyl sites for hydroxylation is 2. The van der Waals surface area contributed by atoms with E-state index in [-0.39, 0.29) is 20.4 Å². The van der Waals surface area contributed by atoms with Crippen molar-refractivity contribution in [2.24, 2.45) is 0 Å². The number of rotatable bonds is 5. The predicted octanol–water partition coefficient (Wildman–Crippen LogP) is 2.63. The third kappa shape index (κ3) is 3.32. The summed E-state index contributed by atoms with van der Waals surface area (Å²) in [7, 11) is 0. The van der Waals surface area contributed by atoms with Crippen LogP contribution in [0, 0.1) is 13.8 Å². The minimum absolute atomic E-state index is 0.182. The van der Waals surface area contributed by atoms with Crippen LogP contribution < -0.4 is 10.2 Å². The third-order valence-corrected chi connectivity index (χ3v) is 5.59. The van der Waals surface area contributed by atoms with E-state index in [0.29, 0.717) is 21.4 Å². The standard InChI is InChI=1S/C17H16N4O2Se/c1-11-5-6-13(12(2)8-11)20-16(23)14-9-19-17(24-14)21(10-22)15-4-3-7-18-15/h3-10,18H,1-2H3,(H,20,23). The SMILES string of the molecule is Cc1ccc(NC(=O)c2cnc(N(C=O)c3ccc[nH]3)[se]2)c(C)c1. The second kappa shape index (κ2) is 6.86. The molecule has 0 fully saturated rings. The van der Waals surface area contributed by atoms with E-state index in [1.165, 1.54) is 11.1 Å². The number of aromatic nitrogens is 2. The van der Waals surface area contributed by atoms with Crippen LogP contribution in [0.25, 0.3) is 0 Å². The van der Waals surface area contributed by atoms with Crippen LogP contribution in [-0.4, -0.2) is 36.8 Å². The van der Waals surface area contributed by atoms with Gasteiger partial charge in [0.1, 0.15) is 0 Å². The molecule has 2 heterocycles. The minimum atomic E-state index is -0.339. The number of aromatic amines is 1. The van der Waals surface area contributed by atoms with Crippen molar-refractivity contribution in [1.29, 1.82) is 0 Å². The Hall–Kier alpha value is -2.63. The predicted molar refractivity (Wildman–Crippen MR) is 94.0 cm³/mol. The molecular formula is C17H16N4O2Se. The van der Waals surface area contributed by atoms with Crippen molar-refractivity contribution < 1.29 is 9.59 Å². The zero-order chi connectivity index (χ0) is 17.1. The van der Waals surface area contributed by atoms with Gasteiger partial charge in [0.15, 0.2) is 0 Å². The van der Waals surface area contributed by atoms with Crippen LogP contribution in [0.2, 0.25) is 0 Å². The van der Waals surface area contributed by atoms with Gasteiger partial charge in [-0.15, -0.1) is 0 Å². The van der Waals surface area contributed by atoms with E-state index < -0.39 is 0 Å². The second-order valence-corrected chi connectivity index (χ2v) is 7.43. The van der Waals surface area contributed by atoms with Gasteiger partial charge in [-0.3, -0.25) is 0 Å². The summed E-state index contributed by atoms with van der Waals surface area (Å²) in [6.45, 7) is 3.97. The van der Waals surface area contributed by atoms with Gasteiger partial charge in [-0.25, -0.2) is 0 Å². The fraction of sp³-hybridized carbons (Fsp3) is 0.118. The van der Waals surface area contributed by atoms with E-state index >= 15 is 0 Å². The molecule has 3 aromatic rings. The molecule has 3 rings (SSSR count). The first kappa shape index (κ1) is 16.2. The van der Waals surface area contributed by atoms with Crippen molar-refractivity contribution in [3.63, 3.8) is 0 Å². The normalized spacial score (nSPS) is 10.4. The van der Waals surface area contributed by atoms with E-state index in [2.05, 4.69) is 15.3 Å². The van der Waals surface area contributed by atoms with Gasteiger partial charge in [-0.2, -0.15) is 0 Å². The Kier molecular flexibility index (Phi) is 4.64. The van der Waals surface area contributed by atoms with Crippen LogP contribution in [-0.2, 0) is 4.79 Å². The van der Waals surface area contributed by atoms with Gasteiger partial charge < -0.3 is 0 Å². The molecule has 7 heteroatoms. The first-order valence-electron chi connectivity index (χ1n) is 7.31. The van der Waals surface area contributed by atoms with E-state index in [9.17, 15) is 9.59 Å². The van der Waals surface area contributed by atoms with Crippen molar-refractivity contribution >= 4 is 43.0 Å². The number of carbonyl (C=O) groups is 2. The molecular weight excluding hydrogens is 371 g/mol. The molecule has 2 aromatic heterocycles. The Labute approximate surface area is 145 Å². The molecule has 2 amide bonds. The summed E-state index contributed by atoms with van der Waals surface area (Å²) in [5.74, 6) is 0.452. The number of nitrogens with one attached hydrogen (secondary N) is 2. The number of amides is 2. The van der Waals surface area contributed by atoms with Gasteiger partial charge in [-0.05, 0) is 0 Å². The Morgan fingerprint density at radius 3 is 2.83 bits per heavy atom. The molecule has 0 aliphatic carbocycles. The summed E-state index contributed by atoms with van der Waals surface area (Å²) in [6, 6.07) is 9.45. The van der Waals surface area contributed by atoms with Crippen LogP contribution >= 0.6 is 0 Å². The van der Waals surface area contributed by atoms with Crippen LogP contribution in [0.3, 0.4) is 0 Å². The molecule has 1 aromatic carbocycles. The summed E-state index contributed by atoms with van der Waals surface area (Å²) in [5.41, 5.74) is 2.94. The number of benzene rings is 1. The van der Waals surface area contributed by atoms with Crippen LogP contribution in [0.1, 0.15) is 20.4 Å². The number of hydrogen-bond donors (Lipinski definition) is 2. The number of anilines is 3. The van der Waals surface area contributed by atoms with Gasteiger partial charge in [0, 0.05) is 0 Å². The number of H-pyrrole nitrogens is 1. The maximum atomic E-state index is 12.4. The van der Waals surface area contributed by atoms with Crippen LogP contribution in [0.4, 0.5) is 16.2 Å². The van der Waals surface area contributed by atoms with E-state index in [1.807, 2.05) is 32.0 Å². The summed E-state index contributed by atoms with van der Waals surface area (Å²) >= 11 is -0.339. The Morgan fingerprint density at radius 2 is 2.17 bits per heavy atom. The van der Waals surface area contributed by atoms with Gasteiger partial charge in [0.05, 0.1) is 0 Å². The molecule has 0 aliphatic rings. The number of nitrogens with zero attached hydrogens (tertiary/aromatic N) is 2. The van der Waals surface area contributed by atoms with Crippen molar-refractivity contribution in [3.05, 3.63) is 58.3 Å².